The van der Waals surface area contributed by atoms with Gasteiger partial charge in [-0.1, -0.05) is 0 Å². The summed E-state index contributed by atoms with van der Waals surface area (Å²) in [5, 5.41) is 8.04. The van der Waals surface area contributed by atoms with E-state index in [1.165, 1.54) is 0 Å². The fourth-order valence-electron chi connectivity index (χ4n) is 1.49. The van der Waals surface area contributed by atoms with Gasteiger partial charge >= 0.3 is 0 Å². The van der Waals surface area contributed by atoms with Crippen LogP contribution in [0.4, 0.5) is 0 Å². The molecule has 0 fully saturated rings. The van der Waals surface area contributed by atoms with E-state index < -0.39 is 0 Å². The number of hydrogen-bond donors (Lipinski definition) is 1. The Morgan fingerprint density at radius 1 is 1.55 bits per heavy atom. The van der Waals surface area contributed by atoms with Crippen molar-refractivity contribution in [1.29, 1.82) is 0 Å². The number of nitrogens with two attached hydrogens (primary N) is 1. The first-order chi connectivity index (χ1) is 5.27. The molecule has 0 radical (unpaired) electrons. The molecule has 4 heteroatoms. The summed E-state index contributed by atoms with van der Waals surface area (Å²) in [7, 11) is 0. The van der Waals surface area contributed by atoms with E-state index >= 15 is 0 Å². The Kier molecular flexibility index (Phi) is 1.42. The van der Waals surface area contributed by atoms with Crippen LogP contribution in [0.15, 0.2) is 0 Å². The monoisotopic (exact) mass is 152 g/mol. The van der Waals surface area contributed by atoms with Gasteiger partial charge in [0.15, 0.2) is 0 Å². The predicted molar refractivity (Wildman–Crippen MR) is 41.1 cm³/mol. The van der Waals surface area contributed by atoms with Crippen LogP contribution < -0.4 is 5.73 Å². The van der Waals surface area contributed by atoms with Gasteiger partial charge < -0.3 is 10.3 Å². The van der Waals surface area contributed by atoms with Crippen molar-refractivity contribution in [3.8, 4) is 0 Å². The highest BCUT2D eigenvalue weighted by Gasteiger charge is 2.17. The molecule has 0 amide bonds. The lowest BCUT2D eigenvalue weighted by Gasteiger charge is -2.19. The highest BCUT2D eigenvalue weighted by molar-refractivity contribution is 4.98. The maximum Gasteiger partial charge on any atom is 0.133 e. The largest absolute Gasteiger partial charge is 0.326 e. The van der Waals surface area contributed by atoms with E-state index in [-0.39, 0.29) is 6.04 Å². The third-order valence-electron chi connectivity index (χ3n) is 2.17. The molecule has 0 saturated heterocycles. The zero-order valence-electron chi connectivity index (χ0n) is 6.62. The molecule has 2 N–H and O–H groups in total. The summed E-state index contributed by atoms with van der Waals surface area (Å²) in [4.78, 5) is 0. The molecule has 11 heavy (non-hydrogen) atoms. The SMILES string of the molecule is Cc1nnc2n1C[C@@H](N)CC2. The smallest absolute Gasteiger partial charge is 0.133 e. The molecule has 0 aromatic carbocycles. The van der Waals surface area contributed by atoms with Gasteiger partial charge in [-0.3, -0.25) is 0 Å². The molecule has 60 valence electrons. The fraction of sp³-hybridized carbons (Fsp3) is 0.714. The maximum absolute atomic E-state index is 5.80. The van der Waals surface area contributed by atoms with Crippen LogP contribution >= 0.6 is 0 Å². The second-order valence-corrected chi connectivity index (χ2v) is 3.07. The quantitative estimate of drug-likeness (QED) is 0.563. The van der Waals surface area contributed by atoms with Crippen molar-refractivity contribution in [1.82, 2.24) is 14.8 Å². The summed E-state index contributed by atoms with van der Waals surface area (Å²) in [6, 6.07) is 0.289. The van der Waals surface area contributed by atoms with Gasteiger partial charge in [0.05, 0.1) is 0 Å². The summed E-state index contributed by atoms with van der Waals surface area (Å²) in [5.41, 5.74) is 5.80. The molecule has 1 aliphatic heterocycles. The minimum Gasteiger partial charge on any atom is -0.326 e. The van der Waals surface area contributed by atoms with E-state index in [4.69, 9.17) is 5.73 Å². The molecular formula is C7H12N4. The van der Waals surface area contributed by atoms with E-state index in [1.807, 2.05) is 6.92 Å². The van der Waals surface area contributed by atoms with Crippen molar-refractivity contribution in [3.63, 3.8) is 0 Å². The van der Waals surface area contributed by atoms with Crippen molar-refractivity contribution < 1.29 is 0 Å². The highest BCUT2D eigenvalue weighted by atomic mass is 15.3. The van der Waals surface area contributed by atoms with Crippen LogP contribution in [-0.4, -0.2) is 20.8 Å². The van der Waals surface area contributed by atoms with Crippen LogP contribution in [0.25, 0.3) is 0 Å². The van der Waals surface area contributed by atoms with E-state index in [1.54, 1.807) is 0 Å². The van der Waals surface area contributed by atoms with Crippen molar-refractivity contribution in [2.24, 2.45) is 5.73 Å². The molecule has 0 spiro atoms. The summed E-state index contributed by atoms with van der Waals surface area (Å²) < 4.78 is 2.11. The Morgan fingerprint density at radius 3 is 3.18 bits per heavy atom. The Balaban J connectivity index is 2.37. The van der Waals surface area contributed by atoms with E-state index in [9.17, 15) is 0 Å². The predicted octanol–water partition coefficient (Wildman–Crippen LogP) is -0.140. The zero-order chi connectivity index (χ0) is 7.84. The molecule has 2 heterocycles. The van der Waals surface area contributed by atoms with Crippen LogP contribution in [0.2, 0.25) is 0 Å². The second kappa shape index (κ2) is 2.30. The molecule has 4 nitrogen and oxygen atoms in total. The molecule has 0 unspecified atom stereocenters. The lowest BCUT2D eigenvalue weighted by Crippen LogP contribution is -2.32. The average Bonchev–Trinajstić information content (AvgIpc) is 2.33. The van der Waals surface area contributed by atoms with Gasteiger partial charge in [0.1, 0.15) is 11.6 Å². The first kappa shape index (κ1) is 6.79. The summed E-state index contributed by atoms with van der Waals surface area (Å²) >= 11 is 0. The van der Waals surface area contributed by atoms with Crippen LogP contribution in [0, 0.1) is 6.92 Å². The van der Waals surface area contributed by atoms with Crippen LogP contribution in [0.1, 0.15) is 18.1 Å². The van der Waals surface area contributed by atoms with E-state index in [0.717, 1.165) is 31.0 Å². The minimum absolute atomic E-state index is 0.289. The molecule has 1 aromatic rings. The number of rotatable bonds is 0. The summed E-state index contributed by atoms with van der Waals surface area (Å²) in [6.07, 6.45) is 2.01. The summed E-state index contributed by atoms with van der Waals surface area (Å²) in [6.45, 7) is 2.85. The number of aryl methyl sites for hydroxylation is 2. The van der Waals surface area contributed by atoms with Crippen molar-refractivity contribution >= 4 is 0 Å². The molecule has 0 saturated carbocycles. The van der Waals surface area contributed by atoms with Gasteiger partial charge in [-0.25, -0.2) is 0 Å². The molecule has 1 aromatic heterocycles. The normalized spacial score (nSPS) is 23.3. The third-order valence-corrected chi connectivity index (χ3v) is 2.17. The molecule has 1 atom stereocenters. The van der Waals surface area contributed by atoms with Gasteiger partial charge in [-0.05, 0) is 13.3 Å². The standard InChI is InChI=1S/C7H12N4/c1-5-9-10-7-3-2-6(8)4-11(5)7/h6H,2-4,8H2,1H3/t6-/m0/s1. The third kappa shape index (κ3) is 1.03. The lowest BCUT2D eigenvalue weighted by atomic mass is 10.1. The summed E-state index contributed by atoms with van der Waals surface area (Å²) in [5.74, 6) is 2.07. The van der Waals surface area contributed by atoms with Gasteiger partial charge in [-0.15, -0.1) is 10.2 Å². The van der Waals surface area contributed by atoms with Crippen LogP contribution in [-0.2, 0) is 13.0 Å². The fourth-order valence-corrected chi connectivity index (χ4v) is 1.49. The Hall–Kier alpha value is -0.900. The van der Waals surface area contributed by atoms with Crippen molar-refractivity contribution in [2.75, 3.05) is 0 Å². The number of nitrogens with zero attached hydrogens (tertiary/aromatic N) is 3. The molecule has 1 aliphatic rings. The second-order valence-electron chi connectivity index (χ2n) is 3.07. The van der Waals surface area contributed by atoms with Gasteiger partial charge in [0.2, 0.25) is 0 Å². The molecule has 0 aliphatic carbocycles. The van der Waals surface area contributed by atoms with Crippen LogP contribution in [0.3, 0.4) is 0 Å². The van der Waals surface area contributed by atoms with Gasteiger partial charge in [0.25, 0.3) is 0 Å². The van der Waals surface area contributed by atoms with E-state index in [0.29, 0.717) is 0 Å². The Morgan fingerprint density at radius 2 is 2.36 bits per heavy atom. The Labute approximate surface area is 65.4 Å². The molecule has 0 bridgehead atoms. The topological polar surface area (TPSA) is 56.7 Å². The van der Waals surface area contributed by atoms with Gasteiger partial charge in [-0.2, -0.15) is 0 Å². The van der Waals surface area contributed by atoms with Gasteiger partial charge in [0, 0.05) is 19.0 Å². The average molecular weight is 152 g/mol. The molecular weight excluding hydrogens is 140 g/mol. The molecule has 2 rings (SSSR count). The van der Waals surface area contributed by atoms with Crippen molar-refractivity contribution in [2.45, 2.75) is 32.4 Å². The first-order valence-corrected chi connectivity index (χ1v) is 3.91. The maximum atomic E-state index is 5.80. The zero-order valence-corrected chi connectivity index (χ0v) is 6.62. The van der Waals surface area contributed by atoms with Crippen LogP contribution in [0.5, 0.6) is 0 Å². The van der Waals surface area contributed by atoms with Crippen molar-refractivity contribution in [3.05, 3.63) is 11.6 Å². The number of hydrogen-bond acceptors (Lipinski definition) is 3. The lowest BCUT2D eigenvalue weighted by molar-refractivity contribution is 0.448. The van der Waals surface area contributed by atoms with E-state index in [2.05, 4.69) is 14.8 Å². The highest BCUT2D eigenvalue weighted by Crippen LogP contribution is 2.12. The minimum atomic E-state index is 0.289. The number of fused-ring (bicyclic) bond motifs is 1. The number of aromatic nitrogens is 3. The first-order valence-electron chi connectivity index (χ1n) is 3.91. The Bertz CT molecular complexity index is 265.